The summed E-state index contributed by atoms with van der Waals surface area (Å²) in [6.07, 6.45) is 1.92. The van der Waals surface area contributed by atoms with E-state index in [0.29, 0.717) is 13.2 Å². The fraction of sp³-hybridized carbons (Fsp3) is 0.235. The molecule has 0 fully saturated rings. The maximum absolute atomic E-state index is 6.07. The van der Waals surface area contributed by atoms with Crippen LogP contribution in [0.4, 0.5) is 0 Å². The molecular formula is C17H15BrN2O2. The molecule has 4 rings (SSSR count). The number of rotatable bonds is 3. The van der Waals surface area contributed by atoms with E-state index in [1.807, 2.05) is 24.4 Å². The summed E-state index contributed by atoms with van der Waals surface area (Å²) in [6.45, 7) is 1.10. The Bertz CT molecular complexity index is 844. The van der Waals surface area contributed by atoms with Crippen molar-refractivity contribution in [2.75, 3.05) is 7.11 Å². The molecule has 22 heavy (non-hydrogen) atoms. The van der Waals surface area contributed by atoms with Gasteiger partial charge in [0.2, 0.25) is 0 Å². The van der Waals surface area contributed by atoms with Crippen LogP contribution in [0, 0.1) is 0 Å². The number of aromatic nitrogens is 2. The van der Waals surface area contributed by atoms with Gasteiger partial charge < -0.3 is 9.47 Å². The molecule has 0 amide bonds. The van der Waals surface area contributed by atoms with Crippen LogP contribution in [0.3, 0.4) is 0 Å². The molecule has 0 radical (unpaired) electrons. The Labute approximate surface area is 136 Å². The zero-order valence-electron chi connectivity index (χ0n) is 12.1. The topological polar surface area (TPSA) is 35.8 Å². The highest BCUT2D eigenvalue weighted by atomic mass is 79.9. The maximum atomic E-state index is 6.07. The first-order chi connectivity index (χ1) is 10.8. The molecule has 4 nitrogen and oxygen atoms in total. The summed E-state index contributed by atoms with van der Waals surface area (Å²) in [4.78, 5) is 4.70. The molecule has 0 N–H and O–H groups in total. The van der Waals surface area contributed by atoms with Crippen molar-refractivity contribution in [1.29, 1.82) is 0 Å². The first-order valence-corrected chi connectivity index (χ1v) is 7.92. The quantitative estimate of drug-likeness (QED) is 0.712. The lowest BCUT2D eigenvalue weighted by Gasteiger charge is -2.13. The zero-order valence-corrected chi connectivity index (χ0v) is 13.7. The van der Waals surface area contributed by atoms with E-state index in [-0.39, 0.29) is 6.10 Å². The van der Waals surface area contributed by atoms with Gasteiger partial charge >= 0.3 is 0 Å². The maximum Gasteiger partial charge on any atom is 0.137 e. The van der Waals surface area contributed by atoms with E-state index in [2.05, 4.69) is 38.5 Å². The van der Waals surface area contributed by atoms with Crippen LogP contribution in [0.15, 0.2) is 47.1 Å². The number of ether oxygens (including phenoxy) is 2. The van der Waals surface area contributed by atoms with E-state index >= 15 is 0 Å². The predicted molar refractivity (Wildman–Crippen MR) is 86.7 cm³/mol. The Morgan fingerprint density at radius 3 is 3.05 bits per heavy atom. The second kappa shape index (κ2) is 5.50. The lowest BCUT2D eigenvalue weighted by Crippen LogP contribution is -2.06. The van der Waals surface area contributed by atoms with Crippen LogP contribution in [0.1, 0.15) is 28.6 Å². The number of halogens is 1. The molecular weight excluding hydrogens is 344 g/mol. The lowest BCUT2D eigenvalue weighted by molar-refractivity contribution is 0.0875. The molecule has 1 aliphatic rings. The van der Waals surface area contributed by atoms with Gasteiger partial charge in [-0.05, 0) is 39.2 Å². The van der Waals surface area contributed by atoms with Crippen LogP contribution in [0.5, 0.6) is 0 Å². The van der Waals surface area contributed by atoms with Crippen LogP contribution in [-0.4, -0.2) is 16.5 Å². The molecule has 0 aliphatic carbocycles. The van der Waals surface area contributed by atoms with Gasteiger partial charge in [0, 0.05) is 17.8 Å². The minimum atomic E-state index is -0.106. The van der Waals surface area contributed by atoms with Crippen LogP contribution in [0.25, 0.3) is 5.65 Å². The minimum Gasteiger partial charge on any atom is -0.378 e. The number of imidazole rings is 1. The average molecular weight is 359 g/mol. The van der Waals surface area contributed by atoms with E-state index in [1.165, 1.54) is 11.1 Å². The van der Waals surface area contributed by atoms with Crippen molar-refractivity contribution in [2.24, 2.45) is 0 Å². The van der Waals surface area contributed by atoms with Crippen molar-refractivity contribution >= 4 is 21.6 Å². The molecule has 0 bridgehead atoms. The molecule has 3 heterocycles. The van der Waals surface area contributed by atoms with Gasteiger partial charge in [-0.25, -0.2) is 4.98 Å². The number of benzene rings is 1. The number of hydrogen-bond acceptors (Lipinski definition) is 3. The minimum absolute atomic E-state index is 0.106. The summed E-state index contributed by atoms with van der Waals surface area (Å²) >= 11 is 3.53. The normalized spacial score (nSPS) is 17.1. The predicted octanol–water partition coefficient (Wildman–Crippen LogP) is 3.86. The summed E-state index contributed by atoms with van der Waals surface area (Å²) in [5, 5.41) is 0. The number of nitrogens with zero attached hydrogens (tertiary/aromatic N) is 2. The monoisotopic (exact) mass is 358 g/mol. The van der Waals surface area contributed by atoms with E-state index in [0.717, 1.165) is 21.5 Å². The van der Waals surface area contributed by atoms with Crippen molar-refractivity contribution in [2.45, 2.75) is 19.3 Å². The van der Waals surface area contributed by atoms with Gasteiger partial charge in [-0.3, -0.25) is 4.40 Å². The molecule has 5 heteroatoms. The Morgan fingerprint density at radius 1 is 1.32 bits per heavy atom. The summed E-state index contributed by atoms with van der Waals surface area (Å²) in [5.74, 6) is 0. The molecule has 112 valence electrons. The Balaban J connectivity index is 1.94. The number of fused-ring (bicyclic) bond motifs is 2. The molecule has 1 aromatic carbocycles. The molecule has 1 atom stereocenters. The van der Waals surface area contributed by atoms with Crippen molar-refractivity contribution in [1.82, 2.24) is 9.38 Å². The van der Waals surface area contributed by atoms with Gasteiger partial charge in [-0.2, -0.15) is 0 Å². The smallest absolute Gasteiger partial charge is 0.137 e. The van der Waals surface area contributed by atoms with Crippen molar-refractivity contribution < 1.29 is 9.47 Å². The Kier molecular flexibility index (Phi) is 3.48. The van der Waals surface area contributed by atoms with E-state index in [4.69, 9.17) is 14.5 Å². The fourth-order valence-corrected chi connectivity index (χ4v) is 3.35. The first kappa shape index (κ1) is 13.9. The zero-order chi connectivity index (χ0) is 15.1. The highest BCUT2D eigenvalue weighted by Crippen LogP contribution is 2.37. The van der Waals surface area contributed by atoms with Gasteiger partial charge in [0.25, 0.3) is 0 Å². The van der Waals surface area contributed by atoms with E-state index < -0.39 is 0 Å². The number of pyridine rings is 1. The van der Waals surface area contributed by atoms with Gasteiger partial charge in [-0.15, -0.1) is 0 Å². The molecule has 2 aromatic heterocycles. The first-order valence-electron chi connectivity index (χ1n) is 7.12. The second-order valence-corrected chi connectivity index (χ2v) is 6.26. The SMILES string of the molecule is COCc1nc2ccc(Br)cn2c1C1OCc2ccccc21. The third kappa shape index (κ3) is 2.17. The van der Waals surface area contributed by atoms with E-state index in [1.54, 1.807) is 7.11 Å². The Hall–Kier alpha value is -1.69. The Morgan fingerprint density at radius 2 is 2.18 bits per heavy atom. The van der Waals surface area contributed by atoms with Gasteiger partial charge in [0.1, 0.15) is 11.8 Å². The number of hydrogen-bond donors (Lipinski definition) is 0. The van der Waals surface area contributed by atoms with Crippen LogP contribution in [0.2, 0.25) is 0 Å². The number of methoxy groups -OCH3 is 1. The highest BCUT2D eigenvalue weighted by Gasteiger charge is 2.30. The summed E-state index contributed by atoms with van der Waals surface area (Å²) in [5.41, 5.74) is 5.31. The largest absolute Gasteiger partial charge is 0.378 e. The summed E-state index contributed by atoms with van der Waals surface area (Å²) in [7, 11) is 1.69. The van der Waals surface area contributed by atoms with Crippen molar-refractivity contribution in [3.8, 4) is 0 Å². The lowest BCUT2D eigenvalue weighted by atomic mass is 10.0. The van der Waals surface area contributed by atoms with Gasteiger partial charge in [0.15, 0.2) is 0 Å². The van der Waals surface area contributed by atoms with E-state index in [9.17, 15) is 0 Å². The van der Waals surface area contributed by atoms with Crippen LogP contribution < -0.4 is 0 Å². The highest BCUT2D eigenvalue weighted by molar-refractivity contribution is 9.10. The van der Waals surface area contributed by atoms with Crippen LogP contribution in [-0.2, 0) is 22.7 Å². The molecule has 0 saturated carbocycles. The molecule has 0 saturated heterocycles. The van der Waals surface area contributed by atoms with Gasteiger partial charge in [-0.1, -0.05) is 24.3 Å². The fourth-order valence-electron chi connectivity index (χ4n) is 3.02. The standard InChI is InChI=1S/C17H15BrN2O2/c1-21-10-14-16(20-8-12(18)6-7-15(20)19-14)17-13-5-3-2-4-11(13)9-22-17/h2-8,17H,9-10H2,1H3. The molecule has 1 unspecified atom stereocenters. The van der Waals surface area contributed by atoms with Crippen LogP contribution >= 0.6 is 15.9 Å². The molecule has 0 spiro atoms. The average Bonchev–Trinajstić information content (AvgIpc) is 3.08. The van der Waals surface area contributed by atoms with Gasteiger partial charge in [0.05, 0.1) is 24.6 Å². The summed E-state index contributed by atoms with van der Waals surface area (Å²) < 4.78 is 14.5. The third-order valence-corrected chi connectivity index (χ3v) is 4.44. The van der Waals surface area contributed by atoms with Crippen molar-refractivity contribution in [3.05, 3.63) is 69.6 Å². The molecule has 3 aromatic rings. The second-order valence-electron chi connectivity index (χ2n) is 5.34. The third-order valence-electron chi connectivity index (χ3n) is 3.97. The molecule has 1 aliphatic heterocycles. The van der Waals surface area contributed by atoms with Crippen molar-refractivity contribution in [3.63, 3.8) is 0 Å². The summed E-state index contributed by atoms with van der Waals surface area (Å²) in [6, 6.07) is 12.3.